The van der Waals surface area contributed by atoms with E-state index in [-0.39, 0.29) is 6.04 Å². The van der Waals surface area contributed by atoms with E-state index < -0.39 is 0 Å². The quantitative estimate of drug-likeness (QED) is 0.793. The highest BCUT2D eigenvalue weighted by atomic mass is 15.4. The number of nitrogens with one attached hydrogen (secondary N) is 1. The maximum Gasteiger partial charge on any atom is 0.0965 e. The average Bonchev–Trinajstić information content (AvgIpc) is 2.88. The number of nitrogens with zero attached hydrogens (tertiary/aromatic N) is 3. The minimum absolute atomic E-state index is 0.221. The molecule has 0 bridgehead atoms. The molecule has 0 fully saturated rings. The van der Waals surface area contributed by atoms with E-state index in [4.69, 9.17) is 0 Å². The Balaban J connectivity index is 2.01. The summed E-state index contributed by atoms with van der Waals surface area (Å²) in [6.45, 7) is 6.09. The molecule has 96 valence electrons. The summed E-state index contributed by atoms with van der Waals surface area (Å²) in [6.07, 6.45) is 3.15. The Morgan fingerprint density at radius 1 is 1.28 bits per heavy atom. The van der Waals surface area contributed by atoms with Crippen LogP contribution < -0.4 is 5.32 Å². The fraction of sp³-hybridized carbons (Fsp3) is 0.429. The van der Waals surface area contributed by atoms with Crippen molar-refractivity contribution in [3.63, 3.8) is 0 Å². The summed E-state index contributed by atoms with van der Waals surface area (Å²) in [5, 5.41) is 11.7. The first kappa shape index (κ1) is 12.8. The number of hydrogen-bond donors (Lipinski definition) is 1. The molecule has 1 aromatic carbocycles. The summed E-state index contributed by atoms with van der Waals surface area (Å²) in [5.41, 5.74) is 2.24. The standard InChI is InChI=1S/C14H20N4/c1-3-9-15-10-14-11-18(17-16-14)12(2)13-7-5-4-6-8-13/h4-8,11-12,15H,3,9-10H2,1-2H3. The molecule has 18 heavy (non-hydrogen) atoms. The van der Waals surface area contributed by atoms with Crippen LogP contribution in [-0.4, -0.2) is 21.5 Å². The van der Waals surface area contributed by atoms with Gasteiger partial charge in [-0.3, -0.25) is 0 Å². The molecule has 0 amide bonds. The van der Waals surface area contributed by atoms with Crippen molar-refractivity contribution in [1.82, 2.24) is 20.3 Å². The van der Waals surface area contributed by atoms with Crippen molar-refractivity contribution >= 4 is 0 Å². The molecule has 4 nitrogen and oxygen atoms in total. The van der Waals surface area contributed by atoms with Crippen LogP contribution in [0, 0.1) is 0 Å². The lowest BCUT2D eigenvalue weighted by molar-refractivity contribution is 0.543. The number of hydrogen-bond acceptors (Lipinski definition) is 3. The molecule has 2 rings (SSSR count). The molecule has 4 heteroatoms. The molecule has 1 aromatic heterocycles. The number of benzene rings is 1. The Labute approximate surface area is 108 Å². The lowest BCUT2D eigenvalue weighted by Gasteiger charge is -2.10. The summed E-state index contributed by atoms with van der Waals surface area (Å²) in [7, 11) is 0. The highest BCUT2D eigenvalue weighted by Crippen LogP contribution is 2.15. The van der Waals surface area contributed by atoms with Gasteiger partial charge in [0.05, 0.1) is 17.9 Å². The van der Waals surface area contributed by atoms with E-state index in [1.807, 2.05) is 29.1 Å². The largest absolute Gasteiger partial charge is 0.311 e. The van der Waals surface area contributed by atoms with Gasteiger partial charge in [-0.25, -0.2) is 4.68 Å². The van der Waals surface area contributed by atoms with Crippen molar-refractivity contribution in [2.24, 2.45) is 0 Å². The van der Waals surface area contributed by atoms with Crippen LogP contribution in [-0.2, 0) is 6.54 Å². The third-order valence-corrected chi connectivity index (χ3v) is 2.97. The third-order valence-electron chi connectivity index (χ3n) is 2.97. The summed E-state index contributed by atoms with van der Waals surface area (Å²) in [6, 6.07) is 10.6. The summed E-state index contributed by atoms with van der Waals surface area (Å²) >= 11 is 0. The Morgan fingerprint density at radius 2 is 2.06 bits per heavy atom. The van der Waals surface area contributed by atoms with Crippen molar-refractivity contribution in [2.75, 3.05) is 6.54 Å². The second-order valence-electron chi connectivity index (χ2n) is 4.45. The molecule has 1 unspecified atom stereocenters. The van der Waals surface area contributed by atoms with Gasteiger partial charge in [-0.1, -0.05) is 42.5 Å². The van der Waals surface area contributed by atoms with Crippen LogP contribution in [0.5, 0.6) is 0 Å². The van der Waals surface area contributed by atoms with Crippen molar-refractivity contribution in [3.8, 4) is 0 Å². The first-order chi connectivity index (χ1) is 8.81. The van der Waals surface area contributed by atoms with Crippen molar-refractivity contribution in [2.45, 2.75) is 32.9 Å². The van der Waals surface area contributed by atoms with E-state index in [2.05, 4.69) is 41.6 Å². The molecule has 0 aliphatic heterocycles. The van der Waals surface area contributed by atoms with Gasteiger partial charge in [-0.2, -0.15) is 0 Å². The van der Waals surface area contributed by atoms with Crippen LogP contribution in [0.15, 0.2) is 36.5 Å². The van der Waals surface area contributed by atoms with Crippen LogP contribution in [0.1, 0.15) is 37.6 Å². The van der Waals surface area contributed by atoms with Gasteiger partial charge >= 0.3 is 0 Å². The van der Waals surface area contributed by atoms with E-state index >= 15 is 0 Å². The monoisotopic (exact) mass is 244 g/mol. The van der Waals surface area contributed by atoms with Gasteiger partial charge < -0.3 is 5.32 Å². The smallest absolute Gasteiger partial charge is 0.0965 e. The third kappa shape index (κ3) is 3.17. The molecule has 0 aliphatic carbocycles. The second-order valence-corrected chi connectivity index (χ2v) is 4.45. The van der Waals surface area contributed by atoms with Crippen LogP contribution in [0.4, 0.5) is 0 Å². The SMILES string of the molecule is CCCNCc1cn(C(C)c2ccccc2)nn1. The first-order valence-corrected chi connectivity index (χ1v) is 6.47. The Kier molecular flexibility index (Phi) is 4.47. The van der Waals surface area contributed by atoms with Crippen LogP contribution >= 0.6 is 0 Å². The molecule has 1 atom stereocenters. The van der Waals surface area contributed by atoms with Crippen LogP contribution in [0.3, 0.4) is 0 Å². The van der Waals surface area contributed by atoms with E-state index in [0.29, 0.717) is 0 Å². The van der Waals surface area contributed by atoms with Crippen molar-refractivity contribution in [1.29, 1.82) is 0 Å². The number of aromatic nitrogens is 3. The predicted molar refractivity (Wildman–Crippen MR) is 72.3 cm³/mol. The summed E-state index contributed by atoms with van der Waals surface area (Å²) in [4.78, 5) is 0. The topological polar surface area (TPSA) is 42.7 Å². The lowest BCUT2D eigenvalue weighted by atomic mass is 10.1. The highest BCUT2D eigenvalue weighted by Gasteiger charge is 2.09. The van der Waals surface area contributed by atoms with Crippen molar-refractivity contribution in [3.05, 3.63) is 47.8 Å². The lowest BCUT2D eigenvalue weighted by Crippen LogP contribution is -2.14. The normalized spacial score (nSPS) is 12.6. The Hall–Kier alpha value is -1.68. The maximum atomic E-state index is 4.20. The Morgan fingerprint density at radius 3 is 2.78 bits per heavy atom. The molecule has 1 N–H and O–H groups in total. The fourth-order valence-corrected chi connectivity index (χ4v) is 1.86. The molecule has 0 saturated carbocycles. The van der Waals surface area contributed by atoms with Gasteiger partial charge in [0.2, 0.25) is 0 Å². The average molecular weight is 244 g/mol. The first-order valence-electron chi connectivity index (χ1n) is 6.47. The van der Waals surface area contributed by atoms with Gasteiger partial charge in [0.25, 0.3) is 0 Å². The van der Waals surface area contributed by atoms with E-state index in [1.54, 1.807) is 0 Å². The van der Waals surface area contributed by atoms with Crippen LogP contribution in [0.25, 0.3) is 0 Å². The molecule has 1 heterocycles. The van der Waals surface area contributed by atoms with E-state index in [1.165, 1.54) is 5.56 Å². The molecule has 0 spiro atoms. The number of rotatable bonds is 6. The van der Waals surface area contributed by atoms with Crippen molar-refractivity contribution < 1.29 is 0 Å². The molecule has 0 aliphatic rings. The molecular formula is C14H20N4. The highest BCUT2D eigenvalue weighted by molar-refractivity contribution is 5.18. The summed E-state index contributed by atoms with van der Waals surface area (Å²) in [5.74, 6) is 0. The summed E-state index contributed by atoms with van der Waals surface area (Å²) < 4.78 is 1.91. The van der Waals surface area contributed by atoms with Gasteiger partial charge in [0.1, 0.15) is 0 Å². The second kappa shape index (κ2) is 6.31. The van der Waals surface area contributed by atoms with Gasteiger partial charge in [0, 0.05) is 6.54 Å². The minimum atomic E-state index is 0.221. The molecule has 0 radical (unpaired) electrons. The molecule has 2 aromatic rings. The Bertz CT molecular complexity index is 464. The minimum Gasteiger partial charge on any atom is -0.311 e. The molecule has 0 saturated heterocycles. The van der Waals surface area contributed by atoms with Gasteiger partial charge in [0.15, 0.2) is 0 Å². The van der Waals surface area contributed by atoms with E-state index in [9.17, 15) is 0 Å². The zero-order valence-corrected chi connectivity index (χ0v) is 11.0. The predicted octanol–water partition coefficient (Wildman–Crippen LogP) is 2.39. The van der Waals surface area contributed by atoms with E-state index in [0.717, 1.165) is 25.2 Å². The van der Waals surface area contributed by atoms with Gasteiger partial charge in [-0.15, -0.1) is 5.10 Å². The zero-order chi connectivity index (χ0) is 12.8. The van der Waals surface area contributed by atoms with Crippen LogP contribution in [0.2, 0.25) is 0 Å². The zero-order valence-electron chi connectivity index (χ0n) is 11.0. The molecular weight excluding hydrogens is 224 g/mol. The fourth-order valence-electron chi connectivity index (χ4n) is 1.86. The van der Waals surface area contributed by atoms with Gasteiger partial charge in [-0.05, 0) is 25.5 Å². The maximum absolute atomic E-state index is 4.20.